The second-order valence-corrected chi connectivity index (χ2v) is 6.50. The molecular weight excluding hydrogens is 430 g/mol. The zero-order valence-electron chi connectivity index (χ0n) is 12.4. The third-order valence-corrected chi connectivity index (χ3v) is 4.57. The van der Waals surface area contributed by atoms with Crippen LogP contribution in [-0.2, 0) is 0 Å². The van der Waals surface area contributed by atoms with Crippen LogP contribution in [0.25, 0.3) is 11.4 Å². The molecule has 0 bridgehead atoms. The minimum Gasteiger partial charge on any atom is -0.258 e. The molecule has 1 N–H and O–H groups in total. The Labute approximate surface area is 160 Å². The first-order chi connectivity index (χ1) is 12.0. The Morgan fingerprint density at radius 1 is 1.36 bits per heavy atom. The molecule has 126 valence electrons. The average molecular weight is 439 g/mol. The molecule has 1 aromatic heterocycles. The molecular formula is C15H9BrClN5O2S. The number of aromatic nitrogens is 3. The SMILES string of the molecule is O=[N+]([O-])c1ccc(Cl)c(C=Nn2c(-c3ccccc3Br)n[nH]c2=S)c1. The number of H-pyrrole nitrogens is 1. The van der Waals surface area contributed by atoms with Crippen LogP contribution in [0.15, 0.2) is 52.0 Å². The molecule has 0 radical (unpaired) electrons. The molecule has 7 nitrogen and oxygen atoms in total. The summed E-state index contributed by atoms with van der Waals surface area (Å²) in [7, 11) is 0. The van der Waals surface area contributed by atoms with Gasteiger partial charge in [0.1, 0.15) is 0 Å². The van der Waals surface area contributed by atoms with Crippen molar-refractivity contribution in [3.8, 4) is 11.4 Å². The van der Waals surface area contributed by atoms with Gasteiger partial charge < -0.3 is 0 Å². The van der Waals surface area contributed by atoms with E-state index in [0.29, 0.717) is 16.4 Å². The number of hydrogen-bond acceptors (Lipinski definition) is 5. The van der Waals surface area contributed by atoms with Crippen molar-refractivity contribution in [1.82, 2.24) is 14.9 Å². The van der Waals surface area contributed by atoms with Gasteiger partial charge in [-0.15, -0.1) is 0 Å². The molecule has 0 aliphatic heterocycles. The lowest BCUT2D eigenvalue weighted by Crippen LogP contribution is -1.97. The number of nitrogens with one attached hydrogen (secondary N) is 1. The van der Waals surface area contributed by atoms with Crippen LogP contribution in [0, 0.1) is 14.9 Å². The number of nitrogens with zero attached hydrogens (tertiary/aromatic N) is 4. The highest BCUT2D eigenvalue weighted by Gasteiger charge is 2.12. The van der Waals surface area contributed by atoms with E-state index >= 15 is 0 Å². The lowest BCUT2D eigenvalue weighted by molar-refractivity contribution is -0.384. The third kappa shape index (κ3) is 3.68. The van der Waals surface area contributed by atoms with Crippen molar-refractivity contribution in [1.29, 1.82) is 0 Å². The molecule has 0 saturated heterocycles. The Bertz CT molecular complexity index is 1050. The van der Waals surface area contributed by atoms with Crippen LogP contribution in [0.4, 0.5) is 5.69 Å². The van der Waals surface area contributed by atoms with Crippen molar-refractivity contribution in [3.05, 3.63) is 72.4 Å². The topological polar surface area (TPSA) is 89.1 Å². The maximum absolute atomic E-state index is 10.9. The van der Waals surface area contributed by atoms with Crippen molar-refractivity contribution in [2.75, 3.05) is 0 Å². The van der Waals surface area contributed by atoms with Crippen LogP contribution in [-0.4, -0.2) is 26.0 Å². The Hall–Kier alpha value is -2.36. The van der Waals surface area contributed by atoms with Crippen LogP contribution < -0.4 is 0 Å². The van der Waals surface area contributed by atoms with Gasteiger partial charge in [0, 0.05) is 32.8 Å². The number of non-ortho nitro benzene ring substituents is 1. The van der Waals surface area contributed by atoms with Crippen molar-refractivity contribution in [2.45, 2.75) is 0 Å². The quantitative estimate of drug-likeness (QED) is 0.274. The highest BCUT2D eigenvalue weighted by molar-refractivity contribution is 9.10. The van der Waals surface area contributed by atoms with E-state index < -0.39 is 4.92 Å². The molecule has 0 aliphatic rings. The summed E-state index contributed by atoms with van der Waals surface area (Å²) < 4.78 is 2.53. The summed E-state index contributed by atoms with van der Waals surface area (Å²) in [5, 5.41) is 22.4. The van der Waals surface area contributed by atoms with Crippen molar-refractivity contribution in [3.63, 3.8) is 0 Å². The second-order valence-electron chi connectivity index (χ2n) is 4.85. The molecule has 3 rings (SSSR count). The van der Waals surface area contributed by atoms with Gasteiger partial charge in [-0.1, -0.05) is 39.7 Å². The highest BCUT2D eigenvalue weighted by atomic mass is 79.9. The van der Waals surface area contributed by atoms with Crippen LogP contribution in [0.2, 0.25) is 5.02 Å². The molecule has 0 unspecified atom stereocenters. The van der Waals surface area contributed by atoms with Crippen molar-refractivity contribution < 1.29 is 4.92 Å². The molecule has 0 aliphatic carbocycles. The normalized spacial score (nSPS) is 11.1. The number of aromatic amines is 1. The molecule has 2 aromatic carbocycles. The van der Waals surface area contributed by atoms with E-state index in [-0.39, 0.29) is 10.5 Å². The summed E-state index contributed by atoms with van der Waals surface area (Å²) in [6, 6.07) is 11.6. The predicted octanol–water partition coefficient (Wildman–Crippen LogP) is 4.81. The summed E-state index contributed by atoms with van der Waals surface area (Å²) in [5.74, 6) is 0.496. The number of nitro benzene ring substituents is 1. The largest absolute Gasteiger partial charge is 0.270 e. The van der Waals surface area contributed by atoms with E-state index in [1.165, 1.54) is 29.1 Å². The lowest BCUT2D eigenvalue weighted by atomic mass is 10.2. The number of rotatable bonds is 4. The molecule has 0 spiro atoms. The first-order valence-electron chi connectivity index (χ1n) is 6.88. The fraction of sp³-hybridized carbons (Fsp3) is 0. The minimum atomic E-state index is -0.496. The van der Waals surface area contributed by atoms with Crippen LogP contribution in [0.1, 0.15) is 5.56 Å². The van der Waals surface area contributed by atoms with Gasteiger partial charge in [-0.2, -0.15) is 14.9 Å². The molecule has 0 amide bonds. The van der Waals surface area contributed by atoms with Crippen LogP contribution in [0.3, 0.4) is 0 Å². The number of hydrogen-bond donors (Lipinski definition) is 1. The summed E-state index contributed by atoms with van der Waals surface area (Å²) in [4.78, 5) is 10.4. The van der Waals surface area contributed by atoms with Crippen LogP contribution >= 0.6 is 39.7 Å². The van der Waals surface area contributed by atoms with Crippen molar-refractivity contribution in [2.24, 2.45) is 5.10 Å². The van der Waals surface area contributed by atoms with Gasteiger partial charge in [0.25, 0.3) is 5.69 Å². The van der Waals surface area contributed by atoms with Gasteiger partial charge in [-0.25, -0.2) is 5.10 Å². The maximum Gasteiger partial charge on any atom is 0.270 e. The van der Waals surface area contributed by atoms with Gasteiger partial charge in [0.15, 0.2) is 5.82 Å². The molecule has 25 heavy (non-hydrogen) atoms. The molecule has 10 heteroatoms. The van der Waals surface area contributed by atoms with E-state index in [9.17, 15) is 10.1 Å². The van der Waals surface area contributed by atoms with Gasteiger partial charge in [0.05, 0.1) is 11.1 Å². The van der Waals surface area contributed by atoms with E-state index in [0.717, 1.165) is 10.0 Å². The molecule has 3 aromatic rings. The summed E-state index contributed by atoms with van der Waals surface area (Å²) in [6.45, 7) is 0. The van der Waals surface area contributed by atoms with Crippen LogP contribution in [0.5, 0.6) is 0 Å². The van der Waals surface area contributed by atoms with Crippen molar-refractivity contribution >= 4 is 51.7 Å². The molecule has 0 atom stereocenters. The van der Waals surface area contributed by atoms with E-state index in [1.807, 2.05) is 24.3 Å². The molecule has 0 saturated carbocycles. The monoisotopic (exact) mass is 437 g/mol. The van der Waals surface area contributed by atoms with Gasteiger partial charge in [-0.3, -0.25) is 10.1 Å². The third-order valence-electron chi connectivity index (χ3n) is 3.27. The number of benzene rings is 2. The minimum absolute atomic E-state index is 0.0762. The Morgan fingerprint density at radius 2 is 2.12 bits per heavy atom. The summed E-state index contributed by atoms with van der Waals surface area (Å²) >= 11 is 14.7. The zero-order chi connectivity index (χ0) is 18.0. The zero-order valence-corrected chi connectivity index (χ0v) is 15.5. The Morgan fingerprint density at radius 3 is 2.84 bits per heavy atom. The Kier molecular flexibility index (Phi) is 5.07. The van der Waals surface area contributed by atoms with Gasteiger partial charge >= 0.3 is 0 Å². The highest BCUT2D eigenvalue weighted by Crippen LogP contribution is 2.26. The smallest absolute Gasteiger partial charge is 0.258 e. The number of nitro groups is 1. The van der Waals surface area contributed by atoms with Gasteiger partial charge in [-0.05, 0) is 30.4 Å². The Balaban J connectivity index is 2.05. The lowest BCUT2D eigenvalue weighted by Gasteiger charge is -2.03. The fourth-order valence-electron chi connectivity index (χ4n) is 2.08. The van der Waals surface area contributed by atoms with Gasteiger partial charge in [0.2, 0.25) is 4.77 Å². The first-order valence-corrected chi connectivity index (χ1v) is 8.46. The molecule has 1 heterocycles. The first kappa shape index (κ1) is 17.5. The standard InChI is InChI=1S/C15H9BrClN5O2S/c16-12-4-2-1-3-11(12)14-19-20-15(25)21(14)18-8-9-7-10(22(23)24)5-6-13(9)17/h1-8H,(H,20,25). The summed E-state index contributed by atoms with van der Waals surface area (Å²) in [6.07, 6.45) is 1.40. The van der Waals surface area contributed by atoms with E-state index in [4.69, 9.17) is 23.8 Å². The summed E-state index contributed by atoms with van der Waals surface area (Å²) in [5.41, 5.74) is 1.11. The predicted molar refractivity (Wildman–Crippen MR) is 102 cm³/mol. The van der Waals surface area contributed by atoms with E-state index in [2.05, 4.69) is 31.2 Å². The second kappa shape index (κ2) is 7.26. The van der Waals surface area contributed by atoms with E-state index in [1.54, 1.807) is 0 Å². The molecule has 0 fully saturated rings. The maximum atomic E-state index is 10.9. The fourth-order valence-corrected chi connectivity index (χ4v) is 2.89. The average Bonchev–Trinajstić information content (AvgIpc) is 2.95. The number of halogens is 2.